The first-order valence-corrected chi connectivity index (χ1v) is 5.03. The van der Waals surface area contributed by atoms with Crippen LogP contribution in [0.3, 0.4) is 0 Å². The molecule has 0 saturated carbocycles. The monoisotopic (exact) mass is 185 g/mol. The molecule has 1 heterocycles. The van der Waals surface area contributed by atoms with Crippen LogP contribution in [-0.4, -0.2) is 4.98 Å². The zero-order chi connectivity index (χ0) is 9.80. The van der Waals surface area contributed by atoms with Gasteiger partial charge in [0.25, 0.3) is 0 Å². The second-order valence-electron chi connectivity index (χ2n) is 3.65. The number of nitrogens with one attached hydrogen (secondary N) is 1. The molecule has 14 heavy (non-hydrogen) atoms. The van der Waals surface area contributed by atoms with Gasteiger partial charge in [-0.1, -0.05) is 30.3 Å². The van der Waals surface area contributed by atoms with Crippen LogP contribution in [0.15, 0.2) is 42.5 Å². The topological polar surface area (TPSA) is 15.8 Å². The van der Waals surface area contributed by atoms with Crippen LogP contribution in [0.5, 0.6) is 0 Å². The molecule has 2 rings (SSSR count). The Kier molecular flexibility index (Phi) is 2.68. The fourth-order valence-electron chi connectivity index (χ4n) is 1.63. The number of aromatic amines is 1. The Hall–Kier alpha value is -1.50. The molecule has 72 valence electrons. The van der Waals surface area contributed by atoms with Gasteiger partial charge in [0.05, 0.1) is 0 Å². The summed E-state index contributed by atoms with van der Waals surface area (Å²) in [7, 11) is 0. The van der Waals surface area contributed by atoms with Gasteiger partial charge < -0.3 is 4.98 Å². The van der Waals surface area contributed by atoms with Gasteiger partial charge in [-0.2, -0.15) is 0 Å². The van der Waals surface area contributed by atoms with Crippen LogP contribution in [0.4, 0.5) is 0 Å². The zero-order valence-electron chi connectivity index (χ0n) is 8.46. The molecule has 0 atom stereocenters. The van der Waals surface area contributed by atoms with Crippen molar-refractivity contribution in [3.63, 3.8) is 0 Å². The van der Waals surface area contributed by atoms with Gasteiger partial charge in [-0.05, 0) is 37.5 Å². The average molecular weight is 185 g/mol. The third-order valence-corrected chi connectivity index (χ3v) is 2.42. The highest BCUT2D eigenvalue weighted by Gasteiger charge is 1.96. The van der Waals surface area contributed by atoms with E-state index in [1.165, 1.54) is 17.0 Å². The summed E-state index contributed by atoms with van der Waals surface area (Å²) in [5.74, 6) is 0. The van der Waals surface area contributed by atoms with Gasteiger partial charge in [0.15, 0.2) is 0 Å². The molecule has 1 heteroatoms. The van der Waals surface area contributed by atoms with Gasteiger partial charge in [-0.25, -0.2) is 0 Å². The Balaban J connectivity index is 1.95. The molecule has 1 nitrogen and oxygen atoms in total. The normalized spacial score (nSPS) is 10.4. The van der Waals surface area contributed by atoms with Crippen molar-refractivity contribution in [3.8, 4) is 0 Å². The highest BCUT2D eigenvalue weighted by Crippen LogP contribution is 2.06. The molecule has 2 aromatic rings. The Morgan fingerprint density at radius 2 is 1.71 bits per heavy atom. The molecule has 0 aliphatic carbocycles. The molecule has 1 N–H and O–H groups in total. The average Bonchev–Trinajstić information content (AvgIpc) is 2.63. The molecule has 0 aliphatic heterocycles. The maximum atomic E-state index is 3.35. The van der Waals surface area contributed by atoms with E-state index in [-0.39, 0.29) is 0 Å². The number of aryl methyl sites for hydroxylation is 3. The Labute approximate surface area is 84.8 Å². The summed E-state index contributed by atoms with van der Waals surface area (Å²) >= 11 is 0. The number of H-pyrrole nitrogens is 1. The van der Waals surface area contributed by atoms with Crippen LogP contribution in [0, 0.1) is 6.92 Å². The third kappa shape index (κ3) is 2.25. The van der Waals surface area contributed by atoms with Crippen molar-refractivity contribution in [2.75, 3.05) is 0 Å². The molecule has 0 amide bonds. The Morgan fingerprint density at radius 3 is 2.36 bits per heavy atom. The third-order valence-electron chi connectivity index (χ3n) is 2.42. The Morgan fingerprint density at radius 1 is 0.929 bits per heavy atom. The predicted octanol–water partition coefficient (Wildman–Crippen LogP) is 3.11. The van der Waals surface area contributed by atoms with E-state index in [2.05, 4.69) is 54.4 Å². The van der Waals surface area contributed by atoms with E-state index in [0.29, 0.717) is 0 Å². The molecule has 0 radical (unpaired) electrons. The van der Waals surface area contributed by atoms with Gasteiger partial charge in [0, 0.05) is 11.4 Å². The van der Waals surface area contributed by atoms with E-state index < -0.39 is 0 Å². The molecular weight excluding hydrogens is 170 g/mol. The van der Waals surface area contributed by atoms with Gasteiger partial charge in [-0.3, -0.25) is 0 Å². The predicted molar refractivity (Wildman–Crippen MR) is 59.4 cm³/mol. The van der Waals surface area contributed by atoms with Crippen molar-refractivity contribution >= 4 is 0 Å². The number of benzene rings is 1. The Bertz CT molecular complexity index is 387. The molecule has 1 aromatic carbocycles. The van der Waals surface area contributed by atoms with E-state index in [1.807, 2.05) is 0 Å². The van der Waals surface area contributed by atoms with Gasteiger partial charge in [0.2, 0.25) is 0 Å². The lowest BCUT2D eigenvalue weighted by Crippen LogP contribution is -1.90. The van der Waals surface area contributed by atoms with Crippen molar-refractivity contribution in [3.05, 3.63) is 59.4 Å². The van der Waals surface area contributed by atoms with Gasteiger partial charge >= 0.3 is 0 Å². The summed E-state index contributed by atoms with van der Waals surface area (Å²) in [6, 6.07) is 14.9. The van der Waals surface area contributed by atoms with E-state index in [9.17, 15) is 0 Å². The van der Waals surface area contributed by atoms with Crippen molar-refractivity contribution in [2.24, 2.45) is 0 Å². The number of hydrogen-bond acceptors (Lipinski definition) is 0. The lowest BCUT2D eigenvalue weighted by atomic mass is 10.1. The second-order valence-corrected chi connectivity index (χ2v) is 3.65. The largest absolute Gasteiger partial charge is 0.362 e. The lowest BCUT2D eigenvalue weighted by Gasteiger charge is -1.99. The maximum absolute atomic E-state index is 3.35. The minimum atomic E-state index is 1.10. The van der Waals surface area contributed by atoms with E-state index in [0.717, 1.165) is 12.8 Å². The van der Waals surface area contributed by atoms with Crippen molar-refractivity contribution in [1.82, 2.24) is 4.98 Å². The van der Waals surface area contributed by atoms with Crippen LogP contribution in [-0.2, 0) is 12.8 Å². The SMILES string of the molecule is Cc1ccc(CCc2ccccc2)[nH]1. The summed E-state index contributed by atoms with van der Waals surface area (Å²) in [6.45, 7) is 2.09. The molecule has 0 aliphatic rings. The number of rotatable bonds is 3. The molecule has 0 spiro atoms. The zero-order valence-corrected chi connectivity index (χ0v) is 8.46. The number of aromatic nitrogens is 1. The first-order chi connectivity index (χ1) is 6.84. The summed E-state index contributed by atoms with van der Waals surface area (Å²) in [5, 5.41) is 0. The van der Waals surface area contributed by atoms with E-state index >= 15 is 0 Å². The minimum Gasteiger partial charge on any atom is -0.362 e. The van der Waals surface area contributed by atoms with Crippen molar-refractivity contribution in [2.45, 2.75) is 19.8 Å². The summed E-state index contributed by atoms with van der Waals surface area (Å²) in [4.78, 5) is 3.35. The summed E-state index contributed by atoms with van der Waals surface area (Å²) < 4.78 is 0. The van der Waals surface area contributed by atoms with Gasteiger partial charge in [0.1, 0.15) is 0 Å². The summed E-state index contributed by atoms with van der Waals surface area (Å²) in [5.41, 5.74) is 3.97. The first-order valence-electron chi connectivity index (χ1n) is 5.03. The van der Waals surface area contributed by atoms with Crippen molar-refractivity contribution < 1.29 is 0 Å². The standard InChI is InChI=1S/C13H15N/c1-11-7-9-13(14-11)10-8-12-5-3-2-4-6-12/h2-7,9,14H,8,10H2,1H3. The van der Waals surface area contributed by atoms with Crippen LogP contribution in [0.2, 0.25) is 0 Å². The molecular formula is C13H15N. The quantitative estimate of drug-likeness (QED) is 0.756. The smallest absolute Gasteiger partial charge is 0.0152 e. The second kappa shape index (κ2) is 4.14. The van der Waals surface area contributed by atoms with Crippen LogP contribution in [0.25, 0.3) is 0 Å². The lowest BCUT2D eigenvalue weighted by molar-refractivity contribution is 0.920. The van der Waals surface area contributed by atoms with Gasteiger partial charge in [-0.15, -0.1) is 0 Å². The molecule has 1 aromatic heterocycles. The van der Waals surface area contributed by atoms with Crippen LogP contribution in [0.1, 0.15) is 17.0 Å². The highest BCUT2D eigenvalue weighted by atomic mass is 14.7. The first kappa shape index (κ1) is 9.07. The highest BCUT2D eigenvalue weighted by molar-refractivity contribution is 5.18. The van der Waals surface area contributed by atoms with Crippen molar-refractivity contribution in [1.29, 1.82) is 0 Å². The number of hydrogen-bond donors (Lipinski definition) is 1. The fraction of sp³-hybridized carbons (Fsp3) is 0.231. The molecule has 0 unspecified atom stereocenters. The molecule has 0 saturated heterocycles. The minimum absolute atomic E-state index is 1.10. The van der Waals surface area contributed by atoms with E-state index in [4.69, 9.17) is 0 Å². The molecule has 0 bridgehead atoms. The molecule has 0 fully saturated rings. The van der Waals surface area contributed by atoms with E-state index in [1.54, 1.807) is 0 Å². The fourth-order valence-corrected chi connectivity index (χ4v) is 1.63. The van der Waals surface area contributed by atoms with Crippen LogP contribution < -0.4 is 0 Å². The maximum Gasteiger partial charge on any atom is 0.0152 e. The summed E-state index contributed by atoms with van der Waals surface area (Å²) in [6.07, 6.45) is 2.21. The van der Waals surface area contributed by atoms with Crippen LogP contribution >= 0.6 is 0 Å².